The van der Waals surface area contributed by atoms with E-state index in [0.29, 0.717) is 0 Å². The number of nitrogens with zero attached hydrogens (tertiary/aromatic N) is 8. The summed E-state index contributed by atoms with van der Waals surface area (Å²) in [6.07, 6.45) is 16.7. The SMILES string of the molecule is Brc1cnc2ccnn2c1.c1cc2ncc(-c3ccc(N4CCCCC4)nc3)cn2n1. The summed E-state index contributed by atoms with van der Waals surface area (Å²) in [6, 6.07) is 7.96. The van der Waals surface area contributed by atoms with E-state index < -0.39 is 0 Å². The molecule has 0 saturated carbocycles. The van der Waals surface area contributed by atoms with E-state index in [2.05, 4.69) is 58.1 Å². The van der Waals surface area contributed by atoms with E-state index in [9.17, 15) is 0 Å². The van der Waals surface area contributed by atoms with Crippen LogP contribution in [0.15, 0.2) is 72.1 Å². The van der Waals surface area contributed by atoms with E-state index >= 15 is 0 Å². The Morgan fingerprint density at radius 3 is 2.06 bits per heavy atom. The Morgan fingerprint density at radius 1 is 0.677 bits per heavy atom. The van der Waals surface area contributed by atoms with Gasteiger partial charge in [0.25, 0.3) is 0 Å². The van der Waals surface area contributed by atoms with Crippen LogP contribution in [0, 0.1) is 0 Å². The van der Waals surface area contributed by atoms with Gasteiger partial charge in [-0.25, -0.2) is 24.0 Å². The molecule has 0 unspecified atom stereocenters. The third kappa shape index (κ3) is 4.41. The molecule has 6 heterocycles. The molecular formula is C22H21BrN8. The second-order valence-corrected chi connectivity index (χ2v) is 8.25. The first kappa shape index (κ1) is 19.6. The number of hydrogen-bond donors (Lipinski definition) is 0. The van der Waals surface area contributed by atoms with E-state index in [1.165, 1.54) is 19.3 Å². The molecule has 1 saturated heterocycles. The lowest BCUT2D eigenvalue weighted by molar-refractivity contribution is 0.573. The van der Waals surface area contributed by atoms with E-state index in [1.807, 2.05) is 36.9 Å². The van der Waals surface area contributed by atoms with E-state index in [0.717, 1.165) is 45.8 Å². The highest BCUT2D eigenvalue weighted by atomic mass is 79.9. The highest BCUT2D eigenvalue weighted by molar-refractivity contribution is 9.10. The topological polar surface area (TPSA) is 76.5 Å². The minimum absolute atomic E-state index is 0.858. The van der Waals surface area contributed by atoms with Gasteiger partial charge in [0.2, 0.25) is 0 Å². The fraction of sp³-hybridized carbons (Fsp3) is 0.227. The van der Waals surface area contributed by atoms with E-state index in [4.69, 9.17) is 0 Å². The molecule has 1 fully saturated rings. The van der Waals surface area contributed by atoms with Crippen LogP contribution in [0.1, 0.15) is 19.3 Å². The summed E-state index contributed by atoms with van der Waals surface area (Å²) in [5, 5.41) is 8.23. The zero-order chi connectivity index (χ0) is 21.0. The molecule has 0 radical (unpaired) electrons. The molecule has 8 nitrogen and oxygen atoms in total. The van der Waals surface area contributed by atoms with Crippen molar-refractivity contribution in [2.75, 3.05) is 18.0 Å². The normalized spacial score (nSPS) is 13.9. The molecule has 6 rings (SSSR count). The Bertz CT molecular complexity index is 1290. The zero-order valence-electron chi connectivity index (χ0n) is 16.8. The standard InChI is InChI=1S/C16H17N5.C6H4BrN3/c1-2-8-20(9-3-1)15-5-4-13(10-17-15)14-11-18-16-6-7-19-21(16)12-14;7-5-3-8-6-1-2-9-10(6)4-5/h4-7,10-12H,1-3,8-9H2;1-4H. The van der Waals surface area contributed by atoms with Gasteiger partial charge >= 0.3 is 0 Å². The monoisotopic (exact) mass is 476 g/mol. The molecule has 0 aliphatic carbocycles. The average Bonchev–Trinajstić information content (AvgIpc) is 3.48. The minimum atomic E-state index is 0.858. The molecule has 5 aromatic rings. The summed E-state index contributed by atoms with van der Waals surface area (Å²) >= 11 is 3.29. The molecule has 0 spiro atoms. The first-order chi connectivity index (χ1) is 15.3. The molecule has 31 heavy (non-hydrogen) atoms. The van der Waals surface area contributed by atoms with Gasteiger partial charge in [0.05, 0.1) is 16.9 Å². The van der Waals surface area contributed by atoms with Gasteiger partial charge in [0, 0.05) is 67.3 Å². The van der Waals surface area contributed by atoms with Crippen molar-refractivity contribution >= 4 is 33.0 Å². The Hall–Kier alpha value is -3.33. The first-order valence-corrected chi connectivity index (χ1v) is 11.0. The van der Waals surface area contributed by atoms with E-state index in [1.54, 1.807) is 27.6 Å². The number of halogens is 1. The maximum absolute atomic E-state index is 4.61. The van der Waals surface area contributed by atoms with Crippen molar-refractivity contribution < 1.29 is 0 Å². The summed E-state index contributed by atoms with van der Waals surface area (Å²) in [4.78, 5) is 15.5. The van der Waals surface area contributed by atoms with Crippen LogP contribution in [0.2, 0.25) is 0 Å². The van der Waals surface area contributed by atoms with Crippen LogP contribution in [0.25, 0.3) is 22.4 Å². The van der Waals surface area contributed by atoms with Crippen LogP contribution in [-0.4, -0.2) is 47.3 Å². The van der Waals surface area contributed by atoms with Gasteiger partial charge in [-0.15, -0.1) is 0 Å². The second-order valence-electron chi connectivity index (χ2n) is 7.34. The Kier molecular flexibility index (Phi) is 5.57. The van der Waals surface area contributed by atoms with Gasteiger partial charge in [-0.1, -0.05) is 0 Å². The number of rotatable bonds is 2. The van der Waals surface area contributed by atoms with Gasteiger partial charge < -0.3 is 4.90 Å². The number of fused-ring (bicyclic) bond motifs is 2. The zero-order valence-corrected chi connectivity index (χ0v) is 18.4. The summed E-state index contributed by atoms with van der Waals surface area (Å²) in [7, 11) is 0. The third-order valence-corrected chi connectivity index (χ3v) is 5.63. The van der Waals surface area contributed by atoms with Gasteiger partial charge in [-0.2, -0.15) is 10.2 Å². The number of piperidine rings is 1. The van der Waals surface area contributed by atoms with Gasteiger partial charge in [-0.3, -0.25) is 0 Å². The predicted octanol–water partition coefficient (Wildman–Crippen LogP) is 4.27. The molecule has 5 aromatic heterocycles. The van der Waals surface area contributed by atoms with Crippen molar-refractivity contribution in [2.45, 2.75) is 19.3 Å². The van der Waals surface area contributed by atoms with Gasteiger partial charge in [-0.05, 0) is 47.3 Å². The molecular weight excluding hydrogens is 456 g/mol. The number of aromatic nitrogens is 7. The maximum Gasteiger partial charge on any atom is 0.154 e. The average molecular weight is 477 g/mol. The quantitative estimate of drug-likeness (QED) is 0.378. The highest BCUT2D eigenvalue weighted by Gasteiger charge is 2.12. The molecule has 9 heteroatoms. The first-order valence-electron chi connectivity index (χ1n) is 10.2. The van der Waals surface area contributed by atoms with Crippen LogP contribution < -0.4 is 4.90 Å². The molecule has 0 atom stereocenters. The molecule has 1 aliphatic rings. The Morgan fingerprint density at radius 2 is 1.35 bits per heavy atom. The number of anilines is 1. The summed E-state index contributed by atoms with van der Waals surface area (Å²) in [6.45, 7) is 2.24. The fourth-order valence-corrected chi connectivity index (χ4v) is 3.91. The second kappa shape index (κ2) is 8.81. The van der Waals surface area contributed by atoms with Crippen molar-refractivity contribution in [1.29, 1.82) is 0 Å². The van der Waals surface area contributed by atoms with Gasteiger partial charge in [0.15, 0.2) is 11.3 Å². The van der Waals surface area contributed by atoms with Crippen LogP contribution >= 0.6 is 15.9 Å². The minimum Gasteiger partial charge on any atom is -0.357 e. The van der Waals surface area contributed by atoms with Crippen LogP contribution in [0.5, 0.6) is 0 Å². The molecule has 0 amide bonds. The van der Waals surface area contributed by atoms with Crippen LogP contribution in [-0.2, 0) is 0 Å². The lowest BCUT2D eigenvalue weighted by Crippen LogP contribution is -2.29. The van der Waals surface area contributed by atoms with Crippen molar-refractivity contribution in [3.8, 4) is 11.1 Å². The Balaban J connectivity index is 0.000000171. The lowest BCUT2D eigenvalue weighted by Gasteiger charge is -2.27. The molecule has 1 aliphatic heterocycles. The highest BCUT2D eigenvalue weighted by Crippen LogP contribution is 2.22. The van der Waals surface area contributed by atoms with E-state index in [-0.39, 0.29) is 0 Å². The lowest BCUT2D eigenvalue weighted by atomic mass is 10.1. The molecule has 0 bridgehead atoms. The van der Waals surface area contributed by atoms with Crippen molar-refractivity contribution in [3.63, 3.8) is 0 Å². The predicted molar refractivity (Wildman–Crippen MR) is 123 cm³/mol. The Labute approximate surface area is 187 Å². The van der Waals surface area contributed by atoms with Crippen LogP contribution in [0.4, 0.5) is 5.82 Å². The van der Waals surface area contributed by atoms with Crippen LogP contribution in [0.3, 0.4) is 0 Å². The van der Waals surface area contributed by atoms with Gasteiger partial charge in [0.1, 0.15) is 5.82 Å². The smallest absolute Gasteiger partial charge is 0.154 e. The number of hydrogen-bond acceptors (Lipinski definition) is 6. The van der Waals surface area contributed by atoms with Crippen molar-refractivity contribution in [3.05, 3.63) is 72.1 Å². The largest absolute Gasteiger partial charge is 0.357 e. The molecule has 0 N–H and O–H groups in total. The third-order valence-electron chi connectivity index (χ3n) is 5.22. The fourth-order valence-electron chi connectivity index (χ4n) is 3.61. The molecule has 156 valence electrons. The summed E-state index contributed by atoms with van der Waals surface area (Å²) in [5.41, 5.74) is 3.82. The summed E-state index contributed by atoms with van der Waals surface area (Å²) < 4.78 is 4.43. The maximum atomic E-state index is 4.61. The number of pyridine rings is 1. The summed E-state index contributed by atoms with van der Waals surface area (Å²) in [5.74, 6) is 1.08. The van der Waals surface area contributed by atoms with Crippen molar-refractivity contribution in [1.82, 2.24) is 34.2 Å². The van der Waals surface area contributed by atoms with Crippen molar-refractivity contribution in [2.24, 2.45) is 0 Å². The molecule has 0 aromatic carbocycles.